The minimum atomic E-state index is -0.981. The number of nitrogens with zero attached hydrogens (tertiary/aromatic N) is 2. The number of benzene rings is 3. The van der Waals surface area contributed by atoms with Crippen molar-refractivity contribution in [1.82, 2.24) is 4.90 Å². The number of rotatable bonds is 4. The number of carbonyl (C=O) groups is 3. The molecule has 0 unspecified atom stereocenters. The van der Waals surface area contributed by atoms with Crippen LogP contribution in [0.25, 0.3) is 6.08 Å². The second-order valence-electron chi connectivity index (χ2n) is 9.16. The molecule has 9 heteroatoms. The SMILES string of the molecule is COc1ccc(Cl)cc1NC(=O)[C@@H]1[C@@H]2C(=O)N(c3ccc(F)cc3)C(=O)[C@H]2[C@H]2c3ccccc3C=CN12. The number of amides is 3. The van der Waals surface area contributed by atoms with Crippen molar-refractivity contribution < 1.29 is 23.5 Å². The molecule has 4 atom stereocenters. The molecule has 3 aromatic carbocycles. The highest BCUT2D eigenvalue weighted by Crippen LogP contribution is 2.53. The van der Waals surface area contributed by atoms with Crippen LogP contribution in [0.4, 0.5) is 15.8 Å². The summed E-state index contributed by atoms with van der Waals surface area (Å²) in [6, 6.07) is 16.1. The minimum Gasteiger partial charge on any atom is -0.495 e. The number of carbonyl (C=O) groups excluding carboxylic acids is 3. The van der Waals surface area contributed by atoms with E-state index in [-0.39, 0.29) is 5.69 Å². The Labute approximate surface area is 217 Å². The van der Waals surface area contributed by atoms with Crippen LogP contribution in [-0.2, 0) is 14.4 Å². The average molecular weight is 518 g/mol. The zero-order valence-electron chi connectivity index (χ0n) is 19.6. The van der Waals surface area contributed by atoms with Crippen LogP contribution in [-0.4, -0.2) is 35.8 Å². The molecule has 6 rings (SSSR count). The minimum absolute atomic E-state index is 0.271. The maximum absolute atomic E-state index is 13.8. The summed E-state index contributed by atoms with van der Waals surface area (Å²) < 4.78 is 18.9. The molecule has 0 aliphatic carbocycles. The zero-order valence-corrected chi connectivity index (χ0v) is 20.4. The lowest BCUT2D eigenvalue weighted by atomic mass is 9.84. The van der Waals surface area contributed by atoms with E-state index in [9.17, 15) is 18.8 Å². The topological polar surface area (TPSA) is 79.0 Å². The van der Waals surface area contributed by atoms with Crippen LogP contribution in [0.1, 0.15) is 17.2 Å². The van der Waals surface area contributed by atoms with E-state index in [1.165, 1.54) is 31.4 Å². The molecule has 0 spiro atoms. The molecule has 0 saturated carbocycles. The van der Waals surface area contributed by atoms with Crippen LogP contribution in [0.5, 0.6) is 5.75 Å². The van der Waals surface area contributed by atoms with E-state index in [0.717, 1.165) is 16.0 Å². The fraction of sp³-hybridized carbons (Fsp3) is 0.179. The Kier molecular flexibility index (Phi) is 5.49. The highest BCUT2D eigenvalue weighted by atomic mass is 35.5. The first-order valence-electron chi connectivity index (χ1n) is 11.7. The molecule has 2 saturated heterocycles. The van der Waals surface area contributed by atoms with E-state index in [1.54, 1.807) is 29.3 Å². The number of nitrogens with one attached hydrogen (secondary N) is 1. The van der Waals surface area contributed by atoms with Gasteiger partial charge in [-0.05, 0) is 59.7 Å². The molecule has 0 aromatic heterocycles. The zero-order chi connectivity index (χ0) is 25.8. The summed E-state index contributed by atoms with van der Waals surface area (Å²) in [6.45, 7) is 0. The van der Waals surface area contributed by atoms with Gasteiger partial charge in [0, 0.05) is 11.2 Å². The van der Waals surface area contributed by atoms with Crippen molar-refractivity contribution in [1.29, 1.82) is 0 Å². The van der Waals surface area contributed by atoms with Crippen molar-refractivity contribution in [2.45, 2.75) is 12.1 Å². The molecule has 3 amide bonds. The molecule has 3 heterocycles. The maximum Gasteiger partial charge on any atom is 0.248 e. The van der Waals surface area contributed by atoms with Crippen molar-refractivity contribution in [3.63, 3.8) is 0 Å². The molecule has 2 fully saturated rings. The summed E-state index contributed by atoms with van der Waals surface area (Å²) in [4.78, 5) is 44.3. The fourth-order valence-corrected chi connectivity index (χ4v) is 5.86. The van der Waals surface area contributed by atoms with Gasteiger partial charge >= 0.3 is 0 Å². The average Bonchev–Trinajstić information content (AvgIpc) is 3.37. The first-order chi connectivity index (χ1) is 17.9. The van der Waals surface area contributed by atoms with Crippen molar-refractivity contribution in [2.75, 3.05) is 17.3 Å². The number of halogens is 2. The number of fused-ring (bicyclic) bond motifs is 5. The molecule has 37 heavy (non-hydrogen) atoms. The van der Waals surface area contributed by atoms with Gasteiger partial charge in [0.2, 0.25) is 17.7 Å². The molecular weight excluding hydrogens is 497 g/mol. The van der Waals surface area contributed by atoms with Crippen LogP contribution in [0.3, 0.4) is 0 Å². The second kappa shape index (κ2) is 8.74. The van der Waals surface area contributed by atoms with Crippen molar-refractivity contribution in [2.24, 2.45) is 11.8 Å². The van der Waals surface area contributed by atoms with E-state index in [4.69, 9.17) is 16.3 Å². The molecule has 3 aliphatic heterocycles. The highest BCUT2D eigenvalue weighted by molar-refractivity contribution is 6.31. The smallest absolute Gasteiger partial charge is 0.248 e. The summed E-state index contributed by atoms with van der Waals surface area (Å²) in [5.41, 5.74) is 2.40. The van der Waals surface area contributed by atoms with E-state index < -0.39 is 47.5 Å². The Morgan fingerprint density at radius 2 is 1.73 bits per heavy atom. The van der Waals surface area contributed by atoms with Crippen LogP contribution >= 0.6 is 11.6 Å². The number of imide groups is 1. The Morgan fingerprint density at radius 3 is 2.49 bits per heavy atom. The number of hydrogen-bond donors (Lipinski definition) is 1. The maximum atomic E-state index is 13.8. The van der Waals surface area contributed by atoms with Gasteiger partial charge in [-0.25, -0.2) is 9.29 Å². The Hall–Kier alpha value is -4.17. The second-order valence-corrected chi connectivity index (χ2v) is 9.59. The lowest BCUT2D eigenvalue weighted by molar-refractivity contribution is -0.128. The molecular formula is C28H21ClFN3O4. The van der Waals surface area contributed by atoms with Gasteiger partial charge in [0.25, 0.3) is 0 Å². The molecule has 3 aromatic rings. The normalized spacial score (nSPS) is 23.5. The summed E-state index contributed by atoms with van der Waals surface area (Å²) in [7, 11) is 1.48. The lowest BCUT2D eigenvalue weighted by Gasteiger charge is -2.35. The van der Waals surface area contributed by atoms with Gasteiger partial charge in [0.15, 0.2) is 0 Å². The van der Waals surface area contributed by atoms with Crippen molar-refractivity contribution in [3.8, 4) is 5.75 Å². The van der Waals surface area contributed by atoms with Gasteiger partial charge in [0.1, 0.15) is 17.6 Å². The van der Waals surface area contributed by atoms with Gasteiger partial charge in [0.05, 0.1) is 36.4 Å². The van der Waals surface area contributed by atoms with Gasteiger partial charge in [-0.3, -0.25) is 14.4 Å². The standard InChI is InChI=1S/C28H21ClFN3O4/c1-37-21-11-6-16(29)14-20(21)31-26(34)25-23-22(24-19-5-3-2-4-15(19)12-13-32(24)25)27(35)33(28(23)36)18-9-7-17(30)8-10-18/h2-14,22-25H,1H3,(H,31,34)/t22-,23-,24-,25+/m1/s1. The molecule has 186 valence electrons. The van der Waals surface area contributed by atoms with Gasteiger partial charge < -0.3 is 15.0 Å². The number of hydrogen-bond acceptors (Lipinski definition) is 5. The van der Waals surface area contributed by atoms with Crippen LogP contribution in [0.2, 0.25) is 5.02 Å². The van der Waals surface area contributed by atoms with Crippen LogP contribution in [0.15, 0.2) is 72.9 Å². The third-order valence-electron chi connectivity index (χ3n) is 7.23. The molecule has 1 N–H and O–H groups in total. The van der Waals surface area contributed by atoms with Crippen molar-refractivity contribution >= 4 is 46.8 Å². The third kappa shape index (κ3) is 3.59. The largest absolute Gasteiger partial charge is 0.495 e. The Bertz CT molecular complexity index is 1470. The molecule has 0 bridgehead atoms. The van der Waals surface area contributed by atoms with Crippen LogP contribution in [0, 0.1) is 17.7 Å². The summed E-state index contributed by atoms with van der Waals surface area (Å²) >= 11 is 6.15. The first-order valence-corrected chi connectivity index (χ1v) is 12.1. The summed E-state index contributed by atoms with van der Waals surface area (Å²) in [5.74, 6) is -3.22. The highest BCUT2D eigenvalue weighted by Gasteiger charge is 2.64. The summed E-state index contributed by atoms with van der Waals surface area (Å²) in [6.07, 6.45) is 3.65. The predicted molar refractivity (Wildman–Crippen MR) is 136 cm³/mol. The first kappa shape index (κ1) is 23.2. The molecule has 0 radical (unpaired) electrons. The van der Waals surface area contributed by atoms with E-state index in [0.29, 0.717) is 16.5 Å². The van der Waals surface area contributed by atoms with Gasteiger partial charge in [-0.2, -0.15) is 0 Å². The van der Waals surface area contributed by atoms with Gasteiger partial charge in [-0.15, -0.1) is 0 Å². The monoisotopic (exact) mass is 517 g/mol. The molecule has 3 aliphatic rings. The number of methoxy groups -OCH3 is 1. The lowest BCUT2D eigenvalue weighted by Crippen LogP contribution is -2.46. The Balaban J connectivity index is 1.44. The van der Waals surface area contributed by atoms with Gasteiger partial charge in [-0.1, -0.05) is 35.9 Å². The van der Waals surface area contributed by atoms with E-state index in [1.807, 2.05) is 30.3 Å². The van der Waals surface area contributed by atoms with E-state index >= 15 is 0 Å². The number of anilines is 2. The quantitative estimate of drug-likeness (QED) is 0.510. The van der Waals surface area contributed by atoms with Crippen molar-refractivity contribution in [3.05, 3.63) is 94.9 Å². The van der Waals surface area contributed by atoms with E-state index in [2.05, 4.69) is 5.32 Å². The number of ether oxygens (including phenoxy) is 1. The molecule has 7 nitrogen and oxygen atoms in total. The third-order valence-corrected chi connectivity index (χ3v) is 7.47. The fourth-order valence-electron chi connectivity index (χ4n) is 5.69. The van der Waals surface area contributed by atoms with Crippen LogP contribution < -0.4 is 15.0 Å². The summed E-state index contributed by atoms with van der Waals surface area (Å²) in [5, 5.41) is 3.26. The Morgan fingerprint density at radius 1 is 1.00 bits per heavy atom. The predicted octanol–water partition coefficient (Wildman–Crippen LogP) is 4.64.